The van der Waals surface area contributed by atoms with Crippen molar-refractivity contribution >= 4 is 62.7 Å². The minimum absolute atomic E-state index is 0. The van der Waals surface area contributed by atoms with E-state index in [0.717, 1.165) is 0 Å². The van der Waals surface area contributed by atoms with Crippen molar-refractivity contribution < 1.29 is 29.6 Å². The van der Waals surface area contributed by atoms with Crippen LogP contribution in [0.25, 0.3) is 4.86 Å². The van der Waals surface area contributed by atoms with E-state index in [-0.39, 0.29) is 29.6 Å². The first kappa shape index (κ1) is 24.4. The summed E-state index contributed by atoms with van der Waals surface area (Å²) >= 11 is 7.14. The van der Waals surface area contributed by atoms with Gasteiger partial charge in [-0.25, -0.2) is 0 Å². The van der Waals surface area contributed by atoms with Gasteiger partial charge in [0.15, 0.2) is 0 Å². The normalized spacial score (nSPS) is 11.5. The monoisotopic (exact) mass is 567 g/mol. The molecule has 0 radical (unpaired) electrons. The van der Waals surface area contributed by atoms with Crippen LogP contribution in [0.15, 0.2) is 121 Å². The van der Waals surface area contributed by atoms with E-state index < -0.39 is 11.3 Å². The Kier molecular flexibility index (Phi) is 8.98. The Labute approximate surface area is 216 Å². The first-order valence-corrected chi connectivity index (χ1v) is 17.2. The Balaban J connectivity index is 0.00000256. The van der Waals surface area contributed by atoms with E-state index >= 15 is 0 Å². The second-order valence-electron chi connectivity index (χ2n) is 6.58. The van der Waals surface area contributed by atoms with Gasteiger partial charge < -0.3 is 0 Å². The summed E-state index contributed by atoms with van der Waals surface area (Å²) in [6, 6.07) is 42.6. The van der Waals surface area contributed by atoms with Crippen LogP contribution in [-0.4, -0.2) is 30.2 Å². The maximum atomic E-state index is 5.73. The summed E-state index contributed by atoms with van der Waals surface area (Å²) < 4.78 is 0. The molecule has 0 heterocycles. The van der Waals surface area contributed by atoms with E-state index in [1.54, 1.807) is 0 Å². The predicted octanol–water partition coefficient (Wildman–Crippen LogP) is 1.70. The molecule has 30 heavy (non-hydrogen) atoms. The second kappa shape index (κ2) is 11.0. The van der Waals surface area contributed by atoms with Gasteiger partial charge in [0, 0.05) is 0 Å². The van der Waals surface area contributed by atoms with Crippen LogP contribution in [-0.2, 0) is 0 Å². The molecule has 0 aliphatic heterocycles. The molecular weight excluding hydrogens is 545 g/mol. The molecule has 0 atom stereocenters. The zero-order chi connectivity index (χ0) is 20.2. The van der Waals surface area contributed by atoms with Gasteiger partial charge >= 0.3 is 218 Å². The molecule has 0 N–H and O–H groups in total. The molecule has 0 saturated heterocycles. The van der Waals surface area contributed by atoms with E-state index in [9.17, 15) is 0 Å². The fourth-order valence-electron chi connectivity index (χ4n) is 3.20. The Morgan fingerprint density at radius 3 is 0.800 bits per heavy atom. The molecule has 144 valence electrons. The van der Waals surface area contributed by atoms with Crippen molar-refractivity contribution in [1.29, 1.82) is 0 Å². The van der Waals surface area contributed by atoms with Crippen molar-refractivity contribution in [2.24, 2.45) is 0 Å². The predicted molar refractivity (Wildman–Crippen MR) is 133 cm³/mol. The molecule has 0 fully saturated rings. The first-order valence-electron chi connectivity index (χ1n) is 9.30. The van der Waals surface area contributed by atoms with Crippen molar-refractivity contribution in [2.75, 3.05) is 0 Å². The molecule has 4 aromatic carbocycles. The summed E-state index contributed by atoms with van der Waals surface area (Å²) in [7, 11) is 0. The summed E-state index contributed by atoms with van der Waals surface area (Å²) in [6.07, 6.45) is 0. The quantitative estimate of drug-likeness (QED) is 0.250. The zero-order valence-electron chi connectivity index (χ0n) is 16.7. The van der Waals surface area contributed by atoms with Crippen LogP contribution in [0.3, 0.4) is 0 Å². The van der Waals surface area contributed by atoms with Gasteiger partial charge in [0.25, 0.3) is 0 Å². The molecule has 0 aromatic heterocycles. The summed E-state index contributed by atoms with van der Waals surface area (Å²) in [5, 5.41) is 4.99. The first-order chi connectivity index (χ1) is 14.1. The molecule has 6 heteroatoms. The molecule has 0 unspecified atom stereocenters. The van der Waals surface area contributed by atoms with Gasteiger partial charge in [-0.15, -0.1) is 0 Å². The van der Waals surface area contributed by atoms with Crippen LogP contribution in [0.2, 0.25) is 0 Å². The maximum absolute atomic E-state index is 5.73. The standard InChI is InChI=1S/C24H20NP2Se2.Na/c28-26(21-13-5-1-6-14-21,22-15-7-2-8-16-22)25-27(29,23-17-9-3-10-18-23)24-19-11-4-12-20-24;/h1-20H;/q-1;+1. The average molecular weight is 565 g/mol. The van der Waals surface area contributed by atoms with Gasteiger partial charge in [-0.2, -0.15) is 0 Å². The summed E-state index contributed by atoms with van der Waals surface area (Å²) in [5.74, 6) is 0. The number of nitrogens with zero attached hydrogens (tertiary/aromatic N) is 1. The molecule has 0 saturated carbocycles. The number of hydrogen-bond donors (Lipinski definition) is 0. The van der Waals surface area contributed by atoms with Gasteiger partial charge in [0.05, 0.1) is 0 Å². The molecule has 0 aliphatic rings. The van der Waals surface area contributed by atoms with E-state index in [1.165, 1.54) is 21.2 Å². The Hall–Kier alpha value is -0.261. The van der Waals surface area contributed by atoms with E-state index in [1.807, 2.05) is 0 Å². The molecular formula is C24H20NNaP2Se2. The summed E-state index contributed by atoms with van der Waals surface area (Å²) in [4.78, 5) is 5.73. The molecule has 0 amide bonds. The van der Waals surface area contributed by atoms with Crippen molar-refractivity contribution in [1.82, 2.24) is 0 Å². The number of rotatable bonds is 6. The number of hydrogen-bond acceptors (Lipinski definition) is 0. The van der Waals surface area contributed by atoms with Crippen LogP contribution >= 0.6 is 11.3 Å². The Bertz CT molecular complexity index is 989. The summed E-state index contributed by atoms with van der Waals surface area (Å²) in [5.41, 5.74) is -4.22. The third-order valence-corrected chi connectivity index (χ3v) is 18.8. The zero-order valence-corrected chi connectivity index (χ0v) is 23.9. The van der Waals surface area contributed by atoms with Crippen LogP contribution in [0.1, 0.15) is 0 Å². The topological polar surface area (TPSA) is 14.1 Å². The Morgan fingerprint density at radius 1 is 0.400 bits per heavy atom. The number of benzene rings is 4. The third kappa shape index (κ3) is 5.20. The Morgan fingerprint density at radius 2 is 0.600 bits per heavy atom. The van der Waals surface area contributed by atoms with Gasteiger partial charge in [-0.3, -0.25) is 0 Å². The SMILES string of the molecule is [Na+].[Se]=P([N-]P(=[Se])(c1ccccc1)c1ccccc1)(c1ccccc1)c1ccccc1. The van der Waals surface area contributed by atoms with Crippen molar-refractivity contribution in [3.63, 3.8) is 0 Å². The molecule has 4 rings (SSSR count). The minimum atomic E-state index is -2.11. The van der Waals surface area contributed by atoms with E-state index in [4.69, 9.17) is 4.86 Å². The van der Waals surface area contributed by atoms with Crippen molar-refractivity contribution in [2.45, 2.75) is 0 Å². The fraction of sp³-hybridized carbons (Fsp3) is 0. The molecule has 0 bridgehead atoms. The molecule has 1 nitrogen and oxygen atoms in total. The van der Waals surface area contributed by atoms with E-state index in [2.05, 4.69) is 152 Å². The van der Waals surface area contributed by atoms with Crippen molar-refractivity contribution in [3.05, 3.63) is 126 Å². The molecule has 0 spiro atoms. The van der Waals surface area contributed by atoms with Crippen LogP contribution in [0, 0.1) is 0 Å². The van der Waals surface area contributed by atoms with Gasteiger partial charge in [-0.05, 0) is 0 Å². The average Bonchev–Trinajstić information content (AvgIpc) is 2.81. The fourth-order valence-corrected chi connectivity index (χ4v) is 18.5. The van der Waals surface area contributed by atoms with Crippen LogP contribution in [0.4, 0.5) is 0 Å². The van der Waals surface area contributed by atoms with Gasteiger partial charge in [-0.1, -0.05) is 0 Å². The van der Waals surface area contributed by atoms with Crippen LogP contribution in [0.5, 0.6) is 0 Å². The van der Waals surface area contributed by atoms with E-state index in [0.29, 0.717) is 0 Å². The third-order valence-electron chi connectivity index (χ3n) is 4.68. The van der Waals surface area contributed by atoms with Crippen LogP contribution < -0.4 is 50.8 Å². The van der Waals surface area contributed by atoms with Gasteiger partial charge in [0.2, 0.25) is 0 Å². The summed E-state index contributed by atoms with van der Waals surface area (Å²) in [6.45, 7) is 0. The second-order valence-corrected chi connectivity index (χ2v) is 18.3. The molecule has 4 aromatic rings. The molecule has 0 aliphatic carbocycles. The van der Waals surface area contributed by atoms with Gasteiger partial charge in [0.1, 0.15) is 0 Å². The van der Waals surface area contributed by atoms with Crippen molar-refractivity contribution in [3.8, 4) is 0 Å².